The van der Waals surface area contributed by atoms with E-state index in [1.807, 2.05) is 0 Å². The van der Waals surface area contributed by atoms with Crippen molar-refractivity contribution in [1.29, 1.82) is 0 Å². The molecule has 0 unspecified atom stereocenters. The number of hydrogen-bond acceptors (Lipinski definition) is 8. The molecule has 3 aliphatic heterocycles. The molecule has 14 heteroatoms. The molecule has 3 aromatic carbocycles. The molecule has 0 saturated carbocycles. The highest BCUT2D eigenvalue weighted by Gasteiger charge is 2.49. The van der Waals surface area contributed by atoms with Crippen molar-refractivity contribution >= 4 is 53.3 Å². The number of nitrogens with zero attached hydrogens (tertiary/aromatic N) is 5. The number of hydrogen-bond donors (Lipinski definition) is 1. The summed E-state index contributed by atoms with van der Waals surface area (Å²) >= 11 is 7.16. The van der Waals surface area contributed by atoms with E-state index in [4.69, 9.17) is 26.1 Å². The molecule has 1 amide bonds. The van der Waals surface area contributed by atoms with Crippen molar-refractivity contribution in [2.75, 3.05) is 37.8 Å². The third kappa shape index (κ3) is 8.49. The summed E-state index contributed by atoms with van der Waals surface area (Å²) in [5, 5.41) is 15.2. The number of anilines is 1. The first-order chi connectivity index (χ1) is 28.8. The van der Waals surface area contributed by atoms with Gasteiger partial charge in [-0.15, -0.1) is 5.54 Å². The van der Waals surface area contributed by atoms with Crippen molar-refractivity contribution in [2.45, 2.75) is 135 Å². The molecular weight excluding hydrogens is 819 g/mol. The quantitative estimate of drug-likeness (QED) is 0.138. The lowest BCUT2D eigenvalue weighted by atomic mass is 9.93. The SMILES string of the molecule is CC(C)[Si](C#Cc1c(F)ccc2cc(O)cc(-c3c(Cl)cc4c(N5CCCCCN5C(=O)OC(C)(C)C)nc(OC[C@@]56CCCN5C[C@H](F)C6)nc4c3F)c12)(C(C)C)C(C)C. The van der Waals surface area contributed by atoms with E-state index in [1.165, 1.54) is 29.3 Å². The van der Waals surface area contributed by atoms with Crippen LogP contribution in [-0.4, -0.2) is 89.2 Å². The predicted molar refractivity (Wildman–Crippen MR) is 240 cm³/mol. The Morgan fingerprint density at radius 3 is 2.39 bits per heavy atom. The van der Waals surface area contributed by atoms with Crippen molar-refractivity contribution in [1.82, 2.24) is 19.9 Å². The van der Waals surface area contributed by atoms with Gasteiger partial charge in [-0.25, -0.2) is 23.0 Å². The van der Waals surface area contributed by atoms with Crippen LogP contribution in [0.25, 0.3) is 32.8 Å². The summed E-state index contributed by atoms with van der Waals surface area (Å²) in [6.07, 6.45) is 2.59. The third-order valence-electron chi connectivity index (χ3n) is 13.0. The maximum atomic E-state index is 17.9. The Hall–Kier alpha value is -4.25. The molecule has 0 radical (unpaired) electrons. The number of phenolic OH excluding ortho intramolecular Hbond substituents is 1. The van der Waals surface area contributed by atoms with Gasteiger partial charge in [0, 0.05) is 42.4 Å². The summed E-state index contributed by atoms with van der Waals surface area (Å²) in [5.74, 6) is 1.85. The number of rotatable bonds is 8. The summed E-state index contributed by atoms with van der Waals surface area (Å²) in [5.41, 5.74) is 3.07. The van der Waals surface area contributed by atoms with Crippen molar-refractivity contribution in [3.8, 4) is 34.4 Å². The summed E-state index contributed by atoms with van der Waals surface area (Å²) in [7, 11) is -2.35. The van der Waals surface area contributed by atoms with Crippen LogP contribution in [0.2, 0.25) is 21.6 Å². The summed E-state index contributed by atoms with van der Waals surface area (Å²) in [6, 6.07) is 7.13. The molecule has 0 aliphatic carbocycles. The Morgan fingerprint density at radius 2 is 1.70 bits per heavy atom. The molecule has 4 aromatic rings. The minimum Gasteiger partial charge on any atom is -0.508 e. The van der Waals surface area contributed by atoms with E-state index in [9.17, 15) is 14.3 Å². The minimum atomic E-state index is -2.35. The highest BCUT2D eigenvalue weighted by Crippen LogP contribution is 2.46. The van der Waals surface area contributed by atoms with Gasteiger partial charge in [0.15, 0.2) is 11.6 Å². The van der Waals surface area contributed by atoms with Crippen LogP contribution in [0.1, 0.15) is 106 Å². The zero-order chi connectivity index (χ0) is 44.2. The molecule has 3 saturated heterocycles. The van der Waals surface area contributed by atoms with Crippen LogP contribution in [0.15, 0.2) is 30.3 Å². The molecule has 7 rings (SSSR count). The van der Waals surface area contributed by atoms with E-state index in [2.05, 4.69) is 62.9 Å². The summed E-state index contributed by atoms with van der Waals surface area (Å²) in [6.45, 7) is 20.3. The normalized spacial score (nSPS) is 20.2. The average molecular weight is 879 g/mol. The first-order valence-corrected chi connectivity index (χ1v) is 24.4. The molecule has 2 atom stereocenters. The van der Waals surface area contributed by atoms with Crippen LogP contribution in [0.5, 0.6) is 11.8 Å². The lowest BCUT2D eigenvalue weighted by Crippen LogP contribution is -2.49. The standard InChI is InChI=1S/C47H59ClF3N5O4Si/c1-28(2)61(29(3)4,30(5)6)21-16-34-38(50)15-14-31-22-33(57)23-35(39(31)34)40-37(48)24-36-42(41(40)51)52-44(59-27-47-17-13-18-54(47)26-32(49)25-47)53-43(36)55-19-11-10-12-20-56(55)45(58)60-46(7,8)9/h14-15,22-24,28-30,32,57H,10-13,17-20,25-27H2,1-9H3/t32-,47+/m1/s1. The molecule has 328 valence electrons. The van der Waals surface area contributed by atoms with Gasteiger partial charge in [0.05, 0.1) is 16.1 Å². The average Bonchev–Trinajstić information content (AvgIpc) is 3.57. The number of carbonyl (C=O) groups excluding carboxylic acids is 1. The zero-order valence-electron chi connectivity index (χ0n) is 36.9. The fourth-order valence-electron chi connectivity index (χ4n) is 10.3. The van der Waals surface area contributed by atoms with Gasteiger partial charge in [-0.2, -0.15) is 9.97 Å². The monoisotopic (exact) mass is 877 g/mol. The Kier molecular flexibility index (Phi) is 12.6. The first-order valence-electron chi connectivity index (χ1n) is 21.7. The molecule has 61 heavy (non-hydrogen) atoms. The second-order valence-corrected chi connectivity index (χ2v) is 25.1. The van der Waals surface area contributed by atoms with Crippen molar-refractivity contribution in [3.05, 3.63) is 52.6 Å². The van der Waals surface area contributed by atoms with Gasteiger partial charge in [0.2, 0.25) is 0 Å². The number of benzene rings is 3. The Morgan fingerprint density at radius 1 is 1.00 bits per heavy atom. The molecule has 3 fully saturated rings. The molecule has 9 nitrogen and oxygen atoms in total. The number of aromatic hydroxyl groups is 1. The number of amides is 1. The number of fused-ring (bicyclic) bond motifs is 3. The van der Waals surface area contributed by atoms with Gasteiger partial charge in [-0.1, -0.05) is 65.1 Å². The number of hydrazine groups is 1. The van der Waals surface area contributed by atoms with Gasteiger partial charge >= 0.3 is 12.1 Å². The second kappa shape index (κ2) is 17.1. The fourth-order valence-corrected chi connectivity index (χ4v) is 15.8. The first kappa shape index (κ1) is 44.8. The van der Waals surface area contributed by atoms with Crippen molar-refractivity contribution < 1.29 is 32.5 Å². The highest BCUT2D eigenvalue weighted by atomic mass is 35.5. The van der Waals surface area contributed by atoms with Crippen LogP contribution in [0, 0.1) is 23.1 Å². The van der Waals surface area contributed by atoms with Crippen molar-refractivity contribution in [2.24, 2.45) is 0 Å². The number of carbonyl (C=O) groups is 1. The minimum absolute atomic E-state index is 0.0482. The molecule has 4 heterocycles. The maximum absolute atomic E-state index is 17.9. The Balaban J connectivity index is 1.46. The van der Waals surface area contributed by atoms with Gasteiger partial charge in [-0.3, -0.25) is 9.91 Å². The van der Waals surface area contributed by atoms with E-state index in [-0.39, 0.29) is 73.4 Å². The summed E-state index contributed by atoms with van der Waals surface area (Å²) in [4.78, 5) is 25.5. The number of aromatic nitrogens is 2. The number of phenols is 1. The van der Waals surface area contributed by atoms with E-state index in [1.54, 1.807) is 31.8 Å². The van der Waals surface area contributed by atoms with E-state index in [0.717, 1.165) is 25.8 Å². The maximum Gasteiger partial charge on any atom is 0.429 e. The van der Waals surface area contributed by atoms with Gasteiger partial charge in [-0.05, 0) is 111 Å². The van der Waals surface area contributed by atoms with Crippen LogP contribution >= 0.6 is 11.6 Å². The topological polar surface area (TPSA) is 91.3 Å². The molecule has 1 aromatic heterocycles. The van der Waals surface area contributed by atoms with Gasteiger partial charge in [0.25, 0.3) is 0 Å². The van der Waals surface area contributed by atoms with E-state index in [0.29, 0.717) is 49.7 Å². The highest BCUT2D eigenvalue weighted by molar-refractivity contribution is 6.90. The van der Waals surface area contributed by atoms with Crippen LogP contribution in [0.4, 0.5) is 23.8 Å². The van der Waals surface area contributed by atoms with E-state index >= 15 is 8.78 Å². The van der Waals surface area contributed by atoms with Crippen LogP contribution in [0.3, 0.4) is 0 Å². The number of halogens is 4. The molecule has 0 spiro atoms. The Labute approximate surface area is 363 Å². The second-order valence-electron chi connectivity index (χ2n) is 19.1. The third-order valence-corrected chi connectivity index (χ3v) is 19.6. The summed E-state index contributed by atoms with van der Waals surface area (Å²) < 4.78 is 61.1. The smallest absolute Gasteiger partial charge is 0.429 e. The molecule has 3 aliphatic rings. The number of alkyl halides is 1. The molecule has 0 bridgehead atoms. The number of ether oxygens (including phenoxy) is 2. The Bertz CT molecular complexity index is 2380. The molecule has 1 N–H and O–H groups in total. The molecular formula is C47H59ClF3N5O4Si. The van der Waals surface area contributed by atoms with Crippen LogP contribution in [-0.2, 0) is 4.74 Å². The lowest BCUT2D eigenvalue weighted by molar-refractivity contribution is 0.0232. The zero-order valence-corrected chi connectivity index (χ0v) is 38.7. The van der Waals surface area contributed by atoms with Crippen molar-refractivity contribution in [3.63, 3.8) is 0 Å². The fraction of sp³-hybridized carbons (Fsp3) is 0.553. The van der Waals surface area contributed by atoms with Gasteiger partial charge < -0.3 is 14.6 Å². The van der Waals surface area contributed by atoms with Crippen LogP contribution < -0.4 is 9.75 Å². The predicted octanol–water partition coefficient (Wildman–Crippen LogP) is 11.8. The lowest BCUT2D eigenvalue weighted by Gasteiger charge is -2.38. The largest absolute Gasteiger partial charge is 0.508 e. The van der Waals surface area contributed by atoms with Gasteiger partial charge in [0.1, 0.15) is 43.5 Å². The van der Waals surface area contributed by atoms with E-state index < -0.39 is 43.1 Å².